The Bertz CT molecular complexity index is 1510. The van der Waals surface area contributed by atoms with Crippen LogP contribution in [0.1, 0.15) is 38.8 Å². The van der Waals surface area contributed by atoms with Crippen molar-refractivity contribution in [3.8, 4) is 5.75 Å². The number of halogens is 2. The smallest absolute Gasteiger partial charge is 0.264 e. The lowest BCUT2D eigenvalue weighted by atomic mass is 10.1. The van der Waals surface area contributed by atoms with Gasteiger partial charge in [-0.15, -0.1) is 0 Å². The van der Waals surface area contributed by atoms with Gasteiger partial charge in [-0.1, -0.05) is 53.5 Å². The molecule has 3 aromatic rings. The molecule has 0 radical (unpaired) electrons. The molecule has 3 rings (SSSR count). The zero-order valence-corrected chi connectivity index (χ0v) is 26.3. The highest BCUT2D eigenvalue weighted by molar-refractivity contribution is 7.92. The lowest BCUT2D eigenvalue weighted by Gasteiger charge is -2.34. The summed E-state index contributed by atoms with van der Waals surface area (Å²) in [5.74, 6) is -0.745. The normalized spacial score (nSPS) is 12.4. The van der Waals surface area contributed by atoms with Gasteiger partial charge in [-0.2, -0.15) is 0 Å². The van der Waals surface area contributed by atoms with Gasteiger partial charge >= 0.3 is 0 Å². The van der Waals surface area contributed by atoms with E-state index < -0.39 is 40.0 Å². The Labute approximate surface area is 252 Å². The van der Waals surface area contributed by atoms with Crippen molar-refractivity contribution in [1.29, 1.82) is 0 Å². The number of hydrogen-bond acceptors (Lipinski definition) is 5. The molecular formula is C30H35Cl2N3O5S. The third-order valence-electron chi connectivity index (χ3n) is 6.23. The van der Waals surface area contributed by atoms with Crippen LogP contribution < -0.4 is 14.4 Å². The van der Waals surface area contributed by atoms with E-state index >= 15 is 0 Å². The predicted molar refractivity (Wildman–Crippen MR) is 163 cm³/mol. The van der Waals surface area contributed by atoms with Gasteiger partial charge in [0.2, 0.25) is 11.8 Å². The zero-order valence-electron chi connectivity index (χ0n) is 23.9. The predicted octanol–water partition coefficient (Wildman–Crippen LogP) is 5.84. The van der Waals surface area contributed by atoms with Crippen molar-refractivity contribution in [3.05, 3.63) is 87.9 Å². The lowest BCUT2D eigenvalue weighted by molar-refractivity contribution is -0.140. The first-order valence-electron chi connectivity index (χ1n) is 12.9. The van der Waals surface area contributed by atoms with Crippen LogP contribution in [0.15, 0.2) is 71.6 Å². The Morgan fingerprint density at radius 1 is 1.00 bits per heavy atom. The Kier molecular flexibility index (Phi) is 10.3. The fourth-order valence-electron chi connectivity index (χ4n) is 4.12. The number of anilines is 1. The van der Waals surface area contributed by atoms with Crippen molar-refractivity contribution in [2.24, 2.45) is 0 Å². The van der Waals surface area contributed by atoms with E-state index in [-0.39, 0.29) is 22.9 Å². The Hall–Kier alpha value is -3.27. The zero-order chi connectivity index (χ0) is 30.5. The molecule has 2 amide bonds. The van der Waals surface area contributed by atoms with Crippen LogP contribution >= 0.6 is 23.2 Å². The SMILES string of the molecule is COc1ccc(C)cc1N(CC(=O)N(Cc1ccc(Cl)cc1Cl)[C@@H](C)C(=O)NC(C)(C)C)S(=O)(=O)c1ccccc1. The molecule has 0 aliphatic carbocycles. The van der Waals surface area contributed by atoms with Crippen molar-refractivity contribution in [1.82, 2.24) is 10.2 Å². The standard InChI is InChI=1S/C30H35Cl2N3O5S/c1-20-12-15-27(40-6)26(16-20)35(41(38,39)24-10-8-7-9-11-24)19-28(36)34(21(2)29(37)33-30(3,4)5)18-22-13-14-23(31)17-25(22)32/h7-17,21H,18-19H2,1-6H3,(H,33,37)/t21-/m0/s1. The Morgan fingerprint density at radius 2 is 1.66 bits per heavy atom. The fourth-order valence-corrected chi connectivity index (χ4v) is 6.02. The third kappa shape index (κ3) is 8.15. The molecule has 0 aliphatic rings. The first-order chi connectivity index (χ1) is 19.1. The molecule has 220 valence electrons. The number of carbonyl (C=O) groups excluding carboxylic acids is 2. The fraction of sp³-hybridized carbons (Fsp3) is 0.333. The maximum Gasteiger partial charge on any atom is 0.264 e. The van der Waals surface area contributed by atoms with Crippen LogP contribution in [-0.2, 0) is 26.2 Å². The highest BCUT2D eigenvalue weighted by Gasteiger charge is 2.34. The molecule has 0 unspecified atom stereocenters. The van der Waals surface area contributed by atoms with Gasteiger partial charge in [0.05, 0.1) is 17.7 Å². The number of carbonyl (C=O) groups is 2. The molecule has 0 saturated carbocycles. The number of nitrogens with one attached hydrogen (secondary N) is 1. The summed E-state index contributed by atoms with van der Waals surface area (Å²) in [6, 6.07) is 16.8. The number of benzene rings is 3. The van der Waals surface area contributed by atoms with Gasteiger partial charge in [0.15, 0.2) is 0 Å². The monoisotopic (exact) mass is 619 g/mol. The molecule has 0 bridgehead atoms. The van der Waals surface area contributed by atoms with E-state index in [2.05, 4.69) is 5.32 Å². The maximum absolute atomic E-state index is 14.1. The first kappa shape index (κ1) is 32.2. The quantitative estimate of drug-likeness (QED) is 0.308. The molecule has 0 saturated heterocycles. The van der Waals surface area contributed by atoms with Gasteiger partial charge < -0.3 is 15.0 Å². The molecule has 8 nitrogen and oxygen atoms in total. The van der Waals surface area contributed by atoms with E-state index in [1.807, 2.05) is 27.7 Å². The van der Waals surface area contributed by atoms with Crippen LogP contribution in [0.25, 0.3) is 0 Å². The number of rotatable bonds is 10. The van der Waals surface area contributed by atoms with E-state index in [1.165, 1.54) is 24.1 Å². The second-order valence-corrected chi connectivity index (χ2v) is 13.4. The summed E-state index contributed by atoms with van der Waals surface area (Å²) in [5.41, 5.74) is 0.950. The van der Waals surface area contributed by atoms with Crippen molar-refractivity contribution in [2.45, 2.75) is 57.6 Å². The molecular weight excluding hydrogens is 585 g/mol. The number of methoxy groups -OCH3 is 1. The molecule has 1 N–H and O–H groups in total. The molecule has 0 heterocycles. The van der Waals surface area contributed by atoms with E-state index in [1.54, 1.807) is 61.5 Å². The van der Waals surface area contributed by atoms with E-state index in [0.717, 1.165) is 9.87 Å². The van der Waals surface area contributed by atoms with E-state index in [0.29, 0.717) is 15.6 Å². The molecule has 0 aliphatic heterocycles. The van der Waals surface area contributed by atoms with Gasteiger partial charge in [-0.25, -0.2) is 8.42 Å². The number of ether oxygens (including phenoxy) is 1. The molecule has 0 fully saturated rings. The number of nitrogens with zero attached hydrogens (tertiary/aromatic N) is 2. The minimum Gasteiger partial charge on any atom is -0.495 e. The van der Waals surface area contributed by atoms with Gasteiger partial charge in [0, 0.05) is 22.1 Å². The number of sulfonamides is 1. The summed E-state index contributed by atoms with van der Waals surface area (Å²) in [5, 5.41) is 3.62. The van der Waals surface area contributed by atoms with Gasteiger partial charge in [-0.05, 0) is 82.1 Å². The molecule has 1 atom stereocenters. The highest BCUT2D eigenvalue weighted by atomic mass is 35.5. The summed E-state index contributed by atoms with van der Waals surface area (Å²) in [6.45, 7) is 8.24. The van der Waals surface area contributed by atoms with Crippen LogP contribution in [0.2, 0.25) is 10.0 Å². The van der Waals surface area contributed by atoms with E-state index in [4.69, 9.17) is 27.9 Å². The third-order valence-corrected chi connectivity index (χ3v) is 8.60. The lowest BCUT2D eigenvalue weighted by Crippen LogP contribution is -2.54. The van der Waals surface area contributed by atoms with Crippen molar-refractivity contribution < 1.29 is 22.7 Å². The summed E-state index contributed by atoms with van der Waals surface area (Å²) in [6.07, 6.45) is 0. The maximum atomic E-state index is 14.1. The van der Waals surface area contributed by atoms with Crippen LogP contribution in [0, 0.1) is 6.92 Å². The van der Waals surface area contributed by atoms with Crippen LogP contribution in [0.5, 0.6) is 5.75 Å². The number of hydrogen-bond donors (Lipinski definition) is 1. The molecule has 41 heavy (non-hydrogen) atoms. The number of aryl methyl sites for hydroxylation is 1. The molecule has 3 aromatic carbocycles. The number of amides is 2. The largest absolute Gasteiger partial charge is 0.495 e. The van der Waals surface area contributed by atoms with E-state index in [9.17, 15) is 18.0 Å². The molecule has 11 heteroatoms. The Morgan fingerprint density at radius 3 is 2.24 bits per heavy atom. The van der Waals surface area contributed by atoms with Crippen molar-refractivity contribution in [2.75, 3.05) is 18.0 Å². The minimum atomic E-state index is -4.23. The van der Waals surface area contributed by atoms with Crippen LogP contribution in [0.4, 0.5) is 5.69 Å². The van der Waals surface area contributed by atoms with Gasteiger partial charge in [0.25, 0.3) is 10.0 Å². The Balaban J connectivity index is 2.12. The topological polar surface area (TPSA) is 96.0 Å². The highest BCUT2D eigenvalue weighted by Crippen LogP contribution is 2.34. The first-order valence-corrected chi connectivity index (χ1v) is 15.1. The van der Waals surface area contributed by atoms with Crippen LogP contribution in [-0.4, -0.2) is 50.4 Å². The summed E-state index contributed by atoms with van der Waals surface area (Å²) in [7, 11) is -2.80. The van der Waals surface area contributed by atoms with Gasteiger partial charge in [-0.3, -0.25) is 13.9 Å². The summed E-state index contributed by atoms with van der Waals surface area (Å²) < 4.78 is 34.5. The van der Waals surface area contributed by atoms with Gasteiger partial charge in [0.1, 0.15) is 18.3 Å². The average molecular weight is 621 g/mol. The molecule has 0 spiro atoms. The van der Waals surface area contributed by atoms with Crippen molar-refractivity contribution >= 4 is 50.7 Å². The second-order valence-electron chi connectivity index (χ2n) is 10.7. The van der Waals surface area contributed by atoms with Crippen LogP contribution in [0.3, 0.4) is 0 Å². The minimum absolute atomic E-state index is 0.00202. The second kappa shape index (κ2) is 13.1. The average Bonchev–Trinajstić information content (AvgIpc) is 2.90. The van der Waals surface area contributed by atoms with Crippen molar-refractivity contribution in [3.63, 3.8) is 0 Å². The molecule has 0 aromatic heterocycles. The summed E-state index contributed by atoms with van der Waals surface area (Å²) in [4.78, 5) is 28.7. The summed E-state index contributed by atoms with van der Waals surface area (Å²) >= 11 is 12.5.